The molecular formula is C18H22N2O2. The van der Waals surface area contributed by atoms with E-state index in [9.17, 15) is 9.59 Å². The van der Waals surface area contributed by atoms with Gasteiger partial charge in [0.25, 0.3) is 0 Å². The van der Waals surface area contributed by atoms with Crippen molar-refractivity contribution in [1.82, 2.24) is 9.80 Å². The molecule has 1 aliphatic carbocycles. The summed E-state index contributed by atoms with van der Waals surface area (Å²) in [6, 6.07) is 10.4. The minimum absolute atomic E-state index is 0.0780. The molecule has 0 aromatic heterocycles. The third-order valence-corrected chi connectivity index (χ3v) is 4.36. The maximum absolute atomic E-state index is 12.4. The minimum Gasteiger partial charge on any atom is -0.342 e. The van der Waals surface area contributed by atoms with Crippen LogP contribution in [0.5, 0.6) is 0 Å². The second kappa shape index (κ2) is 6.34. The lowest BCUT2D eigenvalue weighted by molar-refractivity contribution is -0.134. The molecule has 0 N–H and O–H groups in total. The third kappa shape index (κ3) is 3.38. The highest BCUT2D eigenvalue weighted by Gasteiger charge is 2.42. The van der Waals surface area contributed by atoms with E-state index in [-0.39, 0.29) is 17.7 Å². The molecule has 3 rings (SSSR count). The van der Waals surface area contributed by atoms with Crippen molar-refractivity contribution >= 4 is 17.9 Å². The molecule has 1 heterocycles. The van der Waals surface area contributed by atoms with Crippen LogP contribution in [0.2, 0.25) is 0 Å². The van der Waals surface area contributed by atoms with Crippen LogP contribution in [-0.2, 0) is 9.59 Å². The molecule has 1 unspecified atom stereocenters. The summed E-state index contributed by atoms with van der Waals surface area (Å²) in [5.74, 6) is 0.0616. The molecule has 2 fully saturated rings. The number of hydrogen-bond donors (Lipinski definition) is 0. The van der Waals surface area contributed by atoms with Gasteiger partial charge in [-0.15, -0.1) is 0 Å². The van der Waals surface area contributed by atoms with Crippen LogP contribution in [0.15, 0.2) is 36.4 Å². The molecule has 1 saturated carbocycles. The van der Waals surface area contributed by atoms with E-state index in [1.54, 1.807) is 4.90 Å². The number of carbonyl (C=O) groups excluding carboxylic acids is 2. The van der Waals surface area contributed by atoms with Crippen LogP contribution in [0.4, 0.5) is 0 Å². The Balaban J connectivity index is 1.51. The molecule has 0 bridgehead atoms. The summed E-state index contributed by atoms with van der Waals surface area (Å²) in [7, 11) is 1.81. The standard InChI is InChI=1S/C18H22N2O2/c1-19(11-5-8-14-6-3-2-4-7-14)18(22)15-12-17(21)20(13-15)16-9-10-16/h2-8,15-16H,9-13H2,1H3. The quantitative estimate of drug-likeness (QED) is 0.836. The first kappa shape index (κ1) is 14.8. The molecule has 116 valence electrons. The summed E-state index contributed by atoms with van der Waals surface area (Å²) in [6.45, 7) is 1.18. The van der Waals surface area contributed by atoms with E-state index in [0.29, 0.717) is 25.6 Å². The van der Waals surface area contributed by atoms with Gasteiger partial charge in [0, 0.05) is 32.6 Å². The first-order valence-corrected chi connectivity index (χ1v) is 7.91. The van der Waals surface area contributed by atoms with E-state index in [1.807, 2.05) is 54.4 Å². The lowest BCUT2D eigenvalue weighted by atomic mass is 10.1. The number of likely N-dealkylation sites (tertiary alicyclic amines) is 1. The van der Waals surface area contributed by atoms with Gasteiger partial charge in [-0.1, -0.05) is 42.5 Å². The Hall–Kier alpha value is -2.10. The van der Waals surface area contributed by atoms with Gasteiger partial charge >= 0.3 is 0 Å². The molecule has 4 heteroatoms. The van der Waals surface area contributed by atoms with Gasteiger partial charge in [-0.3, -0.25) is 9.59 Å². The van der Waals surface area contributed by atoms with Crippen molar-refractivity contribution in [3.8, 4) is 0 Å². The number of carbonyl (C=O) groups is 2. The summed E-state index contributed by atoms with van der Waals surface area (Å²) in [6.07, 6.45) is 6.58. The van der Waals surface area contributed by atoms with Crippen molar-refractivity contribution in [2.45, 2.75) is 25.3 Å². The topological polar surface area (TPSA) is 40.6 Å². The molecule has 1 atom stereocenters. The predicted octanol–water partition coefficient (Wildman–Crippen LogP) is 2.17. The Morgan fingerprint density at radius 1 is 1.32 bits per heavy atom. The first-order valence-electron chi connectivity index (χ1n) is 7.91. The molecule has 1 saturated heterocycles. The second-order valence-corrected chi connectivity index (χ2v) is 6.21. The summed E-state index contributed by atoms with van der Waals surface area (Å²) >= 11 is 0. The predicted molar refractivity (Wildman–Crippen MR) is 86.0 cm³/mol. The molecule has 22 heavy (non-hydrogen) atoms. The zero-order valence-electron chi connectivity index (χ0n) is 12.9. The number of nitrogens with zero attached hydrogens (tertiary/aromatic N) is 2. The van der Waals surface area contributed by atoms with Crippen molar-refractivity contribution in [3.05, 3.63) is 42.0 Å². The van der Waals surface area contributed by atoms with Crippen LogP contribution in [-0.4, -0.2) is 47.8 Å². The summed E-state index contributed by atoms with van der Waals surface area (Å²) < 4.78 is 0. The molecule has 1 aromatic carbocycles. The fourth-order valence-electron chi connectivity index (χ4n) is 2.95. The minimum atomic E-state index is -0.164. The summed E-state index contributed by atoms with van der Waals surface area (Å²) in [4.78, 5) is 28.0. The molecule has 0 radical (unpaired) electrons. The molecule has 1 aromatic rings. The van der Waals surface area contributed by atoms with Gasteiger partial charge in [-0.2, -0.15) is 0 Å². The molecule has 1 aliphatic heterocycles. The number of rotatable bonds is 5. The average Bonchev–Trinajstić information content (AvgIpc) is 3.30. The number of likely N-dealkylation sites (N-methyl/N-ethyl adjacent to an activating group) is 1. The van der Waals surface area contributed by atoms with E-state index in [1.165, 1.54) is 0 Å². The summed E-state index contributed by atoms with van der Waals surface area (Å²) in [5, 5.41) is 0. The van der Waals surface area contributed by atoms with Crippen LogP contribution in [0.3, 0.4) is 0 Å². The Morgan fingerprint density at radius 2 is 2.05 bits per heavy atom. The van der Waals surface area contributed by atoms with Crippen LogP contribution >= 0.6 is 0 Å². The molecule has 0 spiro atoms. The fourth-order valence-corrected chi connectivity index (χ4v) is 2.95. The van der Waals surface area contributed by atoms with Crippen molar-refractivity contribution in [2.75, 3.05) is 20.1 Å². The first-order chi connectivity index (χ1) is 10.6. The van der Waals surface area contributed by atoms with Gasteiger partial charge < -0.3 is 9.80 Å². The number of benzene rings is 1. The van der Waals surface area contributed by atoms with E-state index in [2.05, 4.69) is 0 Å². The monoisotopic (exact) mass is 298 g/mol. The molecule has 2 aliphatic rings. The van der Waals surface area contributed by atoms with Gasteiger partial charge in [-0.25, -0.2) is 0 Å². The van der Waals surface area contributed by atoms with Crippen molar-refractivity contribution < 1.29 is 9.59 Å². The lowest BCUT2D eigenvalue weighted by Gasteiger charge is -2.20. The molecular weight excluding hydrogens is 276 g/mol. The average molecular weight is 298 g/mol. The Morgan fingerprint density at radius 3 is 2.73 bits per heavy atom. The highest BCUT2D eigenvalue weighted by Crippen LogP contribution is 2.33. The molecule has 4 nitrogen and oxygen atoms in total. The smallest absolute Gasteiger partial charge is 0.228 e. The highest BCUT2D eigenvalue weighted by molar-refractivity contribution is 5.89. The van der Waals surface area contributed by atoms with E-state index in [4.69, 9.17) is 0 Å². The zero-order valence-corrected chi connectivity index (χ0v) is 12.9. The van der Waals surface area contributed by atoms with Crippen molar-refractivity contribution in [2.24, 2.45) is 5.92 Å². The van der Waals surface area contributed by atoms with Crippen LogP contribution < -0.4 is 0 Å². The lowest BCUT2D eigenvalue weighted by Crippen LogP contribution is -2.35. The van der Waals surface area contributed by atoms with Crippen LogP contribution in [0, 0.1) is 5.92 Å². The van der Waals surface area contributed by atoms with E-state index < -0.39 is 0 Å². The maximum Gasteiger partial charge on any atom is 0.228 e. The fraction of sp³-hybridized carbons (Fsp3) is 0.444. The number of hydrogen-bond acceptors (Lipinski definition) is 2. The normalized spacial score (nSPS) is 21.6. The van der Waals surface area contributed by atoms with E-state index >= 15 is 0 Å². The van der Waals surface area contributed by atoms with Crippen molar-refractivity contribution in [1.29, 1.82) is 0 Å². The van der Waals surface area contributed by atoms with Gasteiger partial charge in [0.2, 0.25) is 11.8 Å². The number of amides is 2. The van der Waals surface area contributed by atoms with Gasteiger partial charge in [-0.05, 0) is 18.4 Å². The zero-order chi connectivity index (χ0) is 15.5. The summed E-state index contributed by atoms with van der Waals surface area (Å²) in [5.41, 5.74) is 1.12. The largest absolute Gasteiger partial charge is 0.342 e. The van der Waals surface area contributed by atoms with Gasteiger partial charge in [0.1, 0.15) is 0 Å². The maximum atomic E-state index is 12.4. The Kier molecular flexibility index (Phi) is 4.27. The van der Waals surface area contributed by atoms with Crippen molar-refractivity contribution in [3.63, 3.8) is 0 Å². The molecule has 2 amide bonds. The van der Waals surface area contributed by atoms with Crippen LogP contribution in [0.1, 0.15) is 24.8 Å². The highest BCUT2D eigenvalue weighted by atomic mass is 16.2. The third-order valence-electron chi connectivity index (χ3n) is 4.36. The van der Waals surface area contributed by atoms with Gasteiger partial charge in [0.05, 0.1) is 5.92 Å². The van der Waals surface area contributed by atoms with Gasteiger partial charge in [0.15, 0.2) is 0 Å². The SMILES string of the molecule is CN(CC=Cc1ccccc1)C(=O)C1CC(=O)N(C2CC2)C1. The Bertz CT molecular complexity index is 578. The van der Waals surface area contributed by atoms with E-state index in [0.717, 1.165) is 18.4 Å². The second-order valence-electron chi connectivity index (χ2n) is 6.21. The Labute approximate surface area is 131 Å². The van der Waals surface area contributed by atoms with Crippen LogP contribution in [0.25, 0.3) is 6.08 Å².